The zero-order valence-electron chi connectivity index (χ0n) is 21.7. The number of rotatable bonds is 12. The Morgan fingerprint density at radius 3 is 1.10 bits per heavy atom. The van der Waals surface area contributed by atoms with Gasteiger partial charge in [-0.2, -0.15) is 0 Å². The lowest BCUT2D eigenvalue weighted by Gasteiger charge is -2.23. The molecule has 0 saturated carbocycles. The summed E-state index contributed by atoms with van der Waals surface area (Å²) in [5, 5.41) is 28.0. The van der Waals surface area contributed by atoms with E-state index in [1.54, 1.807) is 72.8 Å². The van der Waals surface area contributed by atoms with Crippen molar-refractivity contribution in [2.45, 2.75) is 0 Å². The topological polar surface area (TPSA) is 228 Å². The van der Waals surface area contributed by atoms with E-state index in [1.165, 1.54) is 4.90 Å². The Kier molecular flexibility index (Phi) is 9.68. The number of hydrogen-bond acceptors (Lipinski definition) is 6. The van der Waals surface area contributed by atoms with E-state index in [1.807, 2.05) is 0 Å². The number of nitrogens with zero attached hydrogens (tertiary/aromatic N) is 1. The molecule has 3 aromatic carbocycles. The average Bonchev–Trinajstić information content (AvgIpc) is 2.95. The number of hydrogen-bond donors (Lipinski definition) is 8. The lowest BCUT2D eigenvalue weighted by Crippen LogP contribution is -2.42. The number of nitrogens with two attached hydrogens (primary N) is 3. The molecule has 12 nitrogen and oxygen atoms in total. The molecule has 0 aromatic heterocycles. The van der Waals surface area contributed by atoms with E-state index in [2.05, 4.69) is 10.6 Å². The molecule has 206 valence electrons. The van der Waals surface area contributed by atoms with Gasteiger partial charge in [-0.25, -0.2) is 0 Å². The van der Waals surface area contributed by atoms with Crippen LogP contribution in [0.3, 0.4) is 0 Å². The molecule has 0 radical (unpaired) electrons. The van der Waals surface area contributed by atoms with Crippen molar-refractivity contribution in [3.8, 4) is 0 Å². The van der Waals surface area contributed by atoms with Gasteiger partial charge < -0.3 is 32.7 Å². The van der Waals surface area contributed by atoms with Crippen molar-refractivity contribution >= 4 is 35.2 Å². The molecular formula is C28H31N9O3. The Labute approximate surface area is 231 Å². The third-order valence-electron chi connectivity index (χ3n) is 5.98. The molecule has 0 aliphatic heterocycles. The number of carbonyl (C=O) groups is 3. The van der Waals surface area contributed by atoms with Crippen LogP contribution in [0.15, 0.2) is 72.8 Å². The van der Waals surface area contributed by atoms with Crippen LogP contribution in [0.2, 0.25) is 0 Å². The maximum Gasteiger partial charge on any atom is 0.253 e. The Bertz CT molecular complexity index is 1340. The number of benzene rings is 3. The van der Waals surface area contributed by atoms with E-state index in [-0.39, 0.29) is 61.4 Å². The Balaban J connectivity index is 1.64. The number of carbonyl (C=O) groups excluding carboxylic acids is 3. The summed E-state index contributed by atoms with van der Waals surface area (Å²) in [7, 11) is 0. The normalized spacial score (nSPS) is 10.3. The highest BCUT2D eigenvalue weighted by Gasteiger charge is 2.17. The van der Waals surface area contributed by atoms with E-state index in [9.17, 15) is 14.4 Å². The first-order valence-corrected chi connectivity index (χ1v) is 12.3. The largest absolute Gasteiger partial charge is 0.384 e. The van der Waals surface area contributed by atoms with E-state index in [0.29, 0.717) is 33.4 Å². The van der Waals surface area contributed by atoms with Gasteiger partial charge >= 0.3 is 0 Å². The second kappa shape index (κ2) is 13.3. The van der Waals surface area contributed by atoms with E-state index in [0.717, 1.165) is 0 Å². The summed E-state index contributed by atoms with van der Waals surface area (Å²) in [6.45, 7) is 0.609. The van der Waals surface area contributed by atoms with E-state index >= 15 is 0 Å². The Hall–Kier alpha value is -5.52. The predicted molar refractivity (Wildman–Crippen MR) is 153 cm³/mol. The minimum absolute atomic E-state index is 0.0994. The fourth-order valence-corrected chi connectivity index (χ4v) is 3.71. The standard InChI is InChI=1S/C28H31N9O3/c29-23(30)17-1-7-20(8-2-17)26(38)35-13-15-37(28(40)22-11-5-19(6-12-22)25(33)34)16-14-36-27(39)21-9-3-18(4-10-21)24(31)32/h1-12H,13-16H2,(H3,29,30)(H3,31,32)(H3,33,34)(H,35,38)(H,36,39). The molecule has 3 aromatic rings. The quantitative estimate of drug-likeness (QED) is 0.122. The summed E-state index contributed by atoms with van der Waals surface area (Å²) >= 11 is 0. The maximum absolute atomic E-state index is 13.3. The smallest absolute Gasteiger partial charge is 0.253 e. The van der Waals surface area contributed by atoms with Crippen LogP contribution in [0.5, 0.6) is 0 Å². The molecule has 3 amide bonds. The van der Waals surface area contributed by atoms with Gasteiger partial charge in [0.05, 0.1) is 0 Å². The molecule has 0 aliphatic carbocycles. The Morgan fingerprint density at radius 1 is 0.525 bits per heavy atom. The number of amidine groups is 3. The van der Waals surface area contributed by atoms with Gasteiger partial charge in [0.25, 0.3) is 17.7 Å². The highest BCUT2D eigenvalue weighted by Crippen LogP contribution is 2.09. The minimum Gasteiger partial charge on any atom is -0.384 e. The molecule has 11 N–H and O–H groups in total. The first-order chi connectivity index (χ1) is 19.1. The van der Waals surface area contributed by atoms with Crippen LogP contribution in [-0.2, 0) is 0 Å². The summed E-state index contributed by atoms with van der Waals surface area (Å²) in [6.07, 6.45) is 0. The van der Waals surface area contributed by atoms with Gasteiger partial charge in [-0.15, -0.1) is 0 Å². The molecule has 0 atom stereocenters. The van der Waals surface area contributed by atoms with Crippen molar-refractivity contribution < 1.29 is 14.4 Å². The second-order valence-corrected chi connectivity index (χ2v) is 8.78. The second-order valence-electron chi connectivity index (χ2n) is 8.78. The van der Waals surface area contributed by atoms with Gasteiger partial charge in [0.2, 0.25) is 0 Å². The molecule has 0 unspecified atom stereocenters. The van der Waals surface area contributed by atoms with Crippen LogP contribution in [0, 0.1) is 16.2 Å². The highest BCUT2D eigenvalue weighted by molar-refractivity contribution is 6.00. The summed E-state index contributed by atoms with van der Waals surface area (Å²) in [6, 6.07) is 18.8. The van der Waals surface area contributed by atoms with Crippen LogP contribution in [-0.4, -0.2) is 66.3 Å². The van der Waals surface area contributed by atoms with Crippen LogP contribution in [0.1, 0.15) is 47.8 Å². The van der Waals surface area contributed by atoms with Crippen LogP contribution < -0.4 is 27.8 Å². The maximum atomic E-state index is 13.3. The molecule has 0 spiro atoms. The predicted octanol–water partition coefficient (Wildman–Crippen LogP) is 0.841. The molecule has 0 bridgehead atoms. The minimum atomic E-state index is -0.351. The van der Waals surface area contributed by atoms with Crippen LogP contribution in [0.4, 0.5) is 0 Å². The third-order valence-corrected chi connectivity index (χ3v) is 5.98. The summed E-state index contributed by atoms with van der Waals surface area (Å²) < 4.78 is 0. The molecule has 0 fully saturated rings. The molecular weight excluding hydrogens is 510 g/mol. The molecule has 0 heterocycles. The van der Waals surface area contributed by atoms with Crippen molar-refractivity contribution in [2.24, 2.45) is 17.2 Å². The zero-order chi connectivity index (χ0) is 29.2. The summed E-state index contributed by atoms with van der Waals surface area (Å²) in [5.74, 6) is -1.34. The monoisotopic (exact) mass is 541 g/mol. The van der Waals surface area contributed by atoms with Crippen molar-refractivity contribution in [2.75, 3.05) is 26.2 Å². The van der Waals surface area contributed by atoms with Crippen molar-refractivity contribution in [3.05, 3.63) is 106 Å². The molecule has 0 saturated heterocycles. The molecule has 0 aliphatic rings. The fourth-order valence-electron chi connectivity index (χ4n) is 3.71. The number of amides is 3. The number of nitrogens with one attached hydrogen (secondary N) is 5. The van der Waals surface area contributed by atoms with Crippen molar-refractivity contribution in [1.29, 1.82) is 16.2 Å². The lowest BCUT2D eigenvalue weighted by molar-refractivity contribution is 0.0743. The zero-order valence-corrected chi connectivity index (χ0v) is 21.7. The van der Waals surface area contributed by atoms with Crippen molar-refractivity contribution in [3.63, 3.8) is 0 Å². The van der Waals surface area contributed by atoms with Gasteiger partial charge in [0, 0.05) is 59.6 Å². The van der Waals surface area contributed by atoms with Crippen LogP contribution >= 0.6 is 0 Å². The lowest BCUT2D eigenvalue weighted by atomic mass is 10.1. The first-order valence-electron chi connectivity index (χ1n) is 12.3. The SMILES string of the molecule is N=C(N)c1ccc(C(=O)NCCN(CCNC(=O)c2ccc(C(=N)N)cc2)C(=O)c2ccc(C(=N)N)cc2)cc1. The average molecular weight is 542 g/mol. The van der Waals surface area contributed by atoms with Gasteiger partial charge in [-0.1, -0.05) is 36.4 Å². The van der Waals surface area contributed by atoms with E-state index < -0.39 is 0 Å². The van der Waals surface area contributed by atoms with E-state index in [4.69, 9.17) is 33.4 Å². The number of nitrogen functional groups attached to an aromatic ring is 3. The van der Waals surface area contributed by atoms with Gasteiger partial charge in [-0.05, 0) is 36.4 Å². The summed E-state index contributed by atoms with van der Waals surface area (Å²) in [5.41, 5.74) is 19.0. The van der Waals surface area contributed by atoms with Gasteiger partial charge in [0.1, 0.15) is 17.5 Å². The third kappa shape index (κ3) is 7.74. The molecule has 40 heavy (non-hydrogen) atoms. The fraction of sp³-hybridized carbons (Fsp3) is 0.143. The molecule has 3 rings (SSSR count). The Morgan fingerprint density at radius 2 is 0.800 bits per heavy atom. The molecule has 12 heteroatoms. The highest BCUT2D eigenvalue weighted by atomic mass is 16.2. The van der Waals surface area contributed by atoms with Crippen molar-refractivity contribution in [1.82, 2.24) is 15.5 Å². The first kappa shape index (κ1) is 29.0. The summed E-state index contributed by atoms with van der Waals surface area (Å²) in [4.78, 5) is 39.9. The van der Waals surface area contributed by atoms with Crippen LogP contribution in [0.25, 0.3) is 0 Å². The van der Waals surface area contributed by atoms with Gasteiger partial charge in [0.15, 0.2) is 0 Å². The van der Waals surface area contributed by atoms with Gasteiger partial charge in [-0.3, -0.25) is 30.6 Å².